The molecule has 0 fully saturated rings. The zero-order valence-electron chi connectivity index (χ0n) is 9.34. The van der Waals surface area contributed by atoms with Crippen molar-refractivity contribution in [1.29, 1.82) is 0 Å². The molecule has 0 N–H and O–H groups in total. The second-order valence-corrected chi connectivity index (χ2v) is 5.25. The number of para-hydroxylation sites is 1. The summed E-state index contributed by atoms with van der Waals surface area (Å²) >= 11 is 4.83. The number of nitrogens with zero attached hydrogens (tertiary/aromatic N) is 2. The van der Waals surface area contributed by atoms with Crippen LogP contribution in [0.15, 0.2) is 46.6 Å². The molecular formula is C13H9BrN2OS. The molecule has 0 aliphatic rings. The van der Waals surface area contributed by atoms with Gasteiger partial charge in [0, 0.05) is 0 Å². The Labute approximate surface area is 116 Å². The van der Waals surface area contributed by atoms with Gasteiger partial charge in [-0.25, -0.2) is 4.98 Å². The number of alkyl halides is 1. The van der Waals surface area contributed by atoms with E-state index >= 15 is 0 Å². The quantitative estimate of drug-likeness (QED) is 0.679. The SMILES string of the molecule is O=c1c2sccc2nc(CBr)n1-c1ccccc1. The lowest BCUT2D eigenvalue weighted by molar-refractivity contribution is 0.890. The lowest BCUT2D eigenvalue weighted by Crippen LogP contribution is -2.22. The number of aromatic nitrogens is 2. The van der Waals surface area contributed by atoms with Crippen molar-refractivity contribution in [2.75, 3.05) is 0 Å². The van der Waals surface area contributed by atoms with Gasteiger partial charge in [-0.1, -0.05) is 34.1 Å². The largest absolute Gasteiger partial charge is 0.276 e. The zero-order chi connectivity index (χ0) is 12.5. The molecule has 0 bridgehead atoms. The topological polar surface area (TPSA) is 34.9 Å². The summed E-state index contributed by atoms with van der Waals surface area (Å²) in [5, 5.41) is 2.44. The number of hydrogen-bond donors (Lipinski definition) is 0. The minimum atomic E-state index is -0.00403. The number of rotatable bonds is 2. The van der Waals surface area contributed by atoms with Crippen molar-refractivity contribution in [3.8, 4) is 5.69 Å². The molecule has 2 aromatic heterocycles. The summed E-state index contributed by atoms with van der Waals surface area (Å²) in [5.74, 6) is 0.720. The first-order valence-electron chi connectivity index (χ1n) is 5.42. The van der Waals surface area contributed by atoms with Crippen LogP contribution in [0.3, 0.4) is 0 Å². The molecule has 0 saturated carbocycles. The molecule has 18 heavy (non-hydrogen) atoms. The van der Waals surface area contributed by atoms with Gasteiger partial charge in [0.05, 0.1) is 16.5 Å². The van der Waals surface area contributed by atoms with E-state index in [1.54, 1.807) is 4.57 Å². The predicted molar refractivity (Wildman–Crippen MR) is 77.8 cm³/mol. The molecule has 0 atom stereocenters. The molecule has 3 aromatic rings. The van der Waals surface area contributed by atoms with Crippen molar-refractivity contribution in [2.45, 2.75) is 5.33 Å². The normalized spacial score (nSPS) is 10.9. The maximum absolute atomic E-state index is 12.5. The summed E-state index contributed by atoms with van der Waals surface area (Å²) in [5.41, 5.74) is 1.61. The van der Waals surface area contributed by atoms with Crippen LogP contribution in [0, 0.1) is 0 Å². The highest BCUT2D eigenvalue weighted by molar-refractivity contribution is 9.08. The van der Waals surface area contributed by atoms with Crippen LogP contribution < -0.4 is 5.56 Å². The number of benzene rings is 1. The average Bonchev–Trinajstić information content (AvgIpc) is 2.88. The first-order valence-corrected chi connectivity index (χ1v) is 7.42. The van der Waals surface area contributed by atoms with E-state index in [0.29, 0.717) is 10.0 Å². The monoisotopic (exact) mass is 320 g/mol. The first kappa shape index (κ1) is 11.6. The fourth-order valence-electron chi connectivity index (χ4n) is 1.89. The third kappa shape index (κ3) is 1.79. The minimum absolute atomic E-state index is 0.00403. The van der Waals surface area contributed by atoms with Gasteiger partial charge >= 0.3 is 0 Å². The van der Waals surface area contributed by atoms with Gasteiger partial charge in [-0.2, -0.15) is 0 Å². The Kier molecular flexibility index (Phi) is 3.01. The fourth-order valence-corrected chi connectivity index (χ4v) is 3.03. The lowest BCUT2D eigenvalue weighted by Gasteiger charge is -2.10. The second-order valence-electron chi connectivity index (χ2n) is 3.77. The highest BCUT2D eigenvalue weighted by Crippen LogP contribution is 2.18. The first-order chi connectivity index (χ1) is 8.81. The summed E-state index contributed by atoms with van der Waals surface area (Å²) in [6.45, 7) is 0. The molecular weight excluding hydrogens is 312 g/mol. The average molecular weight is 321 g/mol. The molecule has 0 spiro atoms. The van der Waals surface area contributed by atoms with Gasteiger partial charge in [0.25, 0.3) is 5.56 Å². The zero-order valence-corrected chi connectivity index (χ0v) is 11.7. The maximum Gasteiger partial charge on any atom is 0.276 e. The molecule has 2 heterocycles. The van der Waals surface area contributed by atoms with Crippen molar-refractivity contribution in [1.82, 2.24) is 9.55 Å². The van der Waals surface area contributed by atoms with E-state index < -0.39 is 0 Å². The Morgan fingerprint density at radius 1 is 1.22 bits per heavy atom. The summed E-state index contributed by atoms with van der Waals surface area (Å²) in [7, 11) is 0. The Morgan fingerprint density at radius 2 is 2.00 bits per heavy atom. The molecule has 0 unspecified atom stereocenters. The third-order valence-electron chi connectivity index (χ3n) is 2.68. The van der Waals surface area contributed by atoms with Gasteiger partial charge in [-0.3, -0.25) is 9.36 Å². The Bertz CT molecular complexity index is 749. The molecule has 3 nitrogen and oxygen atoms in total. The molecule has 3 rings (SSSR count). The highest BCUT2D eigenvalue weighted by Gasteiger charge is 2.12. The molecule has 1 aromatic carbocycles. The van der Waals surface area contributed by atoms with E-state index in [-0.39, 0.29) is 5.56 Å². The smallest absolute Gasteiger partial charge is 0.267 e. The van der Waals surface area contributed by atoms with Crippen molar-refractivity contribution >= 4 is 37.5 Å². The van der Waals surface area contributed by atoms with Crippen molar-refractivity contribution in [3.05, 3.63) is 58.0 Å². The third-order valence-corrected chi connectivity index (χ3v) is 4.08. The van der Waals surface area contributed by atoms with Crippen LogP contribution in [-0.4, -0.2) is 9.55 Å². The van der Waals surface area contributed by atoms with E-state index in [1.807, 2.05) is 41.8 Å². The Balaban J connectivity index is 2.40. The van der Waals surface area contributed by atoms with Gasteiger partial charge < -0.3 is 0 Å². The molecule has 0 saturated heterocycles. The van der Waals surface area contributed by atoms with E-state index in [0.717, 1.165) is 17.0 Å². The summed E-state index contributed by atoms with van der Waals surface area (Å²) in [4.78, 5) is 17.0. The number of hydrogen-bond acceptors (Lipinski definition) is 3. The van der Waals surface area contributed by atoms with Crippen LogP contribution in [0.25, 0.3) is 15.9 Å². The summed E-state index contributed by atoms with van der Waals surface area (Å²) < 4.78 is 2.36. The van der Waals surface area contributed by atoms with Gasteiger partial charge in [-0.15, -0.1) is 11.3 Å². The Hall–Kier alpha value is -1.46. The molecule has 0 amide bonds. The van der Waals surface area contributed by atoms with E-state index in [9.17, 15) is 4.79 Å². The molecule has 0 aliphatic carbocycles. The second kappa shape index (κ2) is 4.66. The predicted octanol–water partition coefficient (Wildman–Crippen LogP) is 3.34. The Morgan fingerprint density at radius 3 is 2.72 bits per heavy atom. The van der Waals surface area contributed by atoms with Gasteiger partial charge in [0.2, 0.25) is 0 Å². The summed E-state index contributed by atoms with van der Waals surface area (Å²) in [6, 6.07) is 11.5. The molecule has 5 heteroatoms. The number of halogens is 1. The van der Waals surface area contributed by atoms with Gasteiger partial charge in [-0.05, 0) is 23.6 Å². The molecule has 90 valence electrons. The lowest BCUT2D eigenvalue weighted by atomic mass is 10.3. The van der Waals surface area contributed by atoms with Crippen LogP contribution in [0.1, 0.15) is 5.82 Å². The van der Waals surface area contributed by atoms with E-state index in [1.165, 1.54) is 11.3 Å². The summed E-state index contributed by atoms with van der Waals surface area (Å²) in [6.07, 6.45) is 0. The maximum atomic E-state index is 12.5. The molecule has 0 radical (unpaired) electrons. The molecule has 0 aliphatic heterocycles. The number of fused-ring (bicyclic) bond motifs is 1. The van der Waals surface area contributed by atoms with Crippen molar-refractivity contribution in [3.63, 3.8) is 0 Å². The standard InChI is InChI=1S/C13H9BrN2OS/c14-8-11-15-10-6-7-18-12(10)13(17)16(11)9-4-2-1-3-5-9/h1-7H,8H2. The van der Waals surface area contributed by atoms with Crippen molar-refractivity contribution in [2.24, 2.45) is 0 Å². The van der Waals surface area contributed by atoms with Crippen LogP contribution in [-0.2, 0) is 5.33 Å². The highest BCUT2D eigenvalue weighted by atomic mass is 79.9. The van der Waals surface area contributed by atoms with Crippen LogP contribution >= 0.6 is 27.3 Å². The van der Waals surface area contributed by atoms with Crippen molar-refractivity contribution < 1.29 is 0 Å². The fraction of sp³-hybridized carbons (Fsp3) is 0.0769. The van der Waals surface area contributed by atoms with Gasteiger partial charge in [0.1, 0.15) is 10.5 Å². The van der Waals surface area contributed by atoms with E-state index in [4.69, 9.17) is 0 Å². The van der Waals surface area contributed by atoms with Crippen LogP contribution in [0.4, 0.5) is 0 Å². The van der Waals surface area contributed by atoms with E-state index in [2.05, 4.69) is 20.9 Å². The van der Waals surface area contributed by atoms with Crippen LogP contribution in [0.5, 0.6) is 0 Å². The van der Waals surface area contributed by atoms with Gasteiger partial charge in [0.15, 0.2) is 0 Å². The number of thiophene rings is 1. The minimum Gasteiger partial charge on any atom is -0.267 e. The van der Waals surface area contributed by atoms with Crippen LogP contribution in [0.2, 0.25) is 0 Å².